The maximum Gasteiger partial charge on any atom is 0.220 e. The third kappa shape index (κ3) is 5.47. The van der Waals surface area contributed by atoms with Gasteiger partial charge in [-0.15, -0.1) is 0 Å². The van der Waals surface area contributed by atoms with E-state index < -0.39 is 0 Å². The summed E-state index contributed by atoms with van der Waals surface area (Å²) in [4.78, 5) is 20.4. The molecule has 1 aromatic carbocycles. The average molecular weight is 420 g/mol. The van der Waals surface area contributed by atoms with Gasteiger partial charge in [-0.2, -0.15) is 0 Å². The molecule has 2 aromatic heterocycles. The Morgan fingerprint density at radius 2 is 2.07 bits per heavy atom. The summed E-state index contributed by atoms with van der Waals surface area (Å²) in [6.07, 6.45) is 3.90. The SMILES string of the molecule is CCOc1cc(CNC(=O)CCc2ncc(-c3ccc(Cl)cc3Cl)o2)ccn1. The van der Waals surface area contributed by atoms with E-state index in [9.17, 15) is 4.79 Å². The Labute approximate surface area is 172 Å². The molecule has 2 heterocycles. The van der Waals surface area contributed by atoms with Crippen molar-refractivity contribution in [2.75, 3.05) is 6.61 Å². The number of halogens is 2. The predicted octanol–water partition coefficient (Wildman–Crippen LogP) is 4.69. The standard InChI is InChI=1S/C20H19Cl2N3O3/c1-2-27-20-9-13(7-8-23-20)11-24-18(26)5-6-19-25-12-17(28-19)15-4-3-14(21)10-16(15)22/h3-4,7-10,12H,2,5-6,11H2,1H3,(H,24,26). The van der Waals surface area contributed by atoms with Gasteiger partial charge >= 0.3 is 0 Å². The highest BCUT2D eigenvalue weighted by Crippen LogP contribution is 2.30. The molecule has 0 fully saturated rings. The Morgan fingerprint density at radius 3 is 2.86 bits per heavy atom. The van der Waals surface area contributed by atoms with E-state index in [1.54, 1.807) is 36.7 Å². The van der Waals surface area contributed by atoms with Crippen molar-refractivity contribution in [3.63, 3.8) is 0 Å². The molecule has 1 amide bonds. The van der Waals surface area contributed by atoms with E-state index in [2.05, 4.69) is 15.3 Å². The lowest BCUT2D eigenvalue weighted by atomic mass is 10.2. The first kappa shape index (κ1) is 20.2. The first-order chi connectivity index (χ1) is 13.5. The van der Waals surface area contributed by atoms with E-state index >= 15 is 0 Å². The maximum atomic E-state index is 12.1. The molecule has 3 rings (SSSR count). The highest BCUT2D eigenvalue weighted by molar-refractivity contribution is 6.36. The highest BCUT2D eigenvalue weighted by Gasteiger charge is 2.12. The lowest BCUT2D eigenvalue weighted by molar-refractivity contribution is -0.121. The minimum atomic E-state index is -0.0981. The van der Waals surface area contributed by atoms with Gasteiger partial charge in [0.25, 0.3) is 0 Å². The smallest absolute Gasteiger partial charge is 0.220 e. The Bertz CT molecular complexity index is 959. The summed E-state index contributed by atoms with van der Waals surface area (Å²) in [5.41, 5.74) is 1.62. The van der Waals surface area contributed by atoms with Gasteiger partial charge in [-0.3, -0.25) is 4.79 Å². The number of carbonyl (C=O) groups is 1. The van der Waals surface area contributed by atoms with Crippen molar-refractivity contribution in [2.24, 2.45) is 0 Å². The van der Waals surface area contributed by atoms with Gasteiger partial charge in [0.1, 0.15) is 0 Å². The molecular formula is C20H19Cl2N3O3. The second kappa shape index (κ2) is 9.57. The first-order valence-electron chi connectivity index (χ1n) is 8.79. The van der Waals surface area contributed by atoms with E-state index in [4.69, 9.17) is 32.4 Å². The molecule has 0 radical (unpaired) electrons. The van der Waals surface area contributed by atoms with Crippen molar-refractivity contribution in [3.8, 4) is 17.2 Å². The van der Waals surface area contributed by atoms with Gasteiger partial charge in [-0.1, -0.05) is 23.2 Å². The number of oxazole rings is 1. The van der Waals surface area contributed by atoms with Crippen molar-refractivity contribution in [1.82, 2.24) is 15.3 Å². The zero-order chi connectivity index (χ0) is 19.9. The third-order valence-electron chi connectivity index (χ3n) is 3.90. The minimum Gasteiger partial charge on any atom is -0.478 e. The van der Waals surface area contributed by atoms with Crippen LogP contribution in [0.1, 0.15) is 24.8 Å². The summed E-state index contributed by atoms with van der Waals surface area (Å²) in [5, 5.41) is 3.90. The molecule has 28 heavy (non-hydrogen) atoms. The number of rotatable bonds is 8. The number of carbonyl (C=O) groups excluding carboxylic acids is 1. The molecule has 0 aliphatic heterocycles. The maximum absolute atomic E-state index is 12.1. The van der Waals surface area contributed by atoms with Crippen LogP contribution < -0.4 is 10.1 Å². The zero-order valence-corrected chi connectivity index (χ0v) is 16.8. The molecule has 8 heteroatoms. The van der Waals surface area contributed by atoms with Crippen molar-refractivity contribution in [3.05, 3.63) is 64.2 Å². The van der Waals surface area contributed by atoms with Gasteiger partial charge in [0, 0.05) is 42.2 Å². The monoisotopic (exact) mass is 419 g/mol. The van der Waals surface area contributed by atoms with Crippen LogP contribution in [0.3, 0.4) is 0 Å². The van der Waals surface area contributed by atoms with Crippen LogP contribution >= 0.6 is 23.2 Å². The first-order valence-corrected chi connectivity index (χ1v) is 9.55. The van der Waals surface area contributed by atoms with Gasteiger partial charge < -0.3 is 14.5 Å². The van der Waals surface area contributed by atoms with Crippen LogP contribution in [-0.4, -0.2) is 22.5 Å². The van der Waals surface area contributed by atoms with Crippen LogP contribution in [0, 0.1) is 0 Å². The van der Waals surface area contributed by atoms with E-state index in [1.165, 1.54) is 0 Å². The summed E-state index contributed by atoms with van der Waals surface area (Å²) in [6.45, 7) is 2.84. The second-order valence-electron chi connectivity index (χ2n) is 5.95. The average Bonchev–Trinajstić information content (AvgIpc) is 3.14. The molecule has 146 valence electrons. The van der Waals surface area contributed by atoms with Crippen molar-refractivity contribution >= 4 is 29.1 Å². The number of benzene rings is 1. The Morgan fingerprint density at radius 1 is 1.21 bits per heavy atom. The summed E-state index contributed by atoms with van der Waals surface area (Å²) in [7, 11) is 0. The topological polar surface area (TPSA) is 77.2 Å². The van der Waals surface area contributed by atoms with Gasteiger partial charge in [-0.05, 0) is 36.8 Å². The number of aromatic nitrogens is 2. The second-order valence-corrected chi connectivity index (χ2v) is 6.80. The number of ether oxygens (including phenoxy) is 1. The van der Waals surface area contributed by atoms with Gasteiger partial charge in [0.15, 0.2) is 11.7 Å². The van der Waals surface area contributed by atoms with Crippen LogP contribution in [0.2, 0.25) is 10.0 Å². The number of hydrogen-bond donors (Lipinski definition) is 1. The van der Waals surface area contributed by atoms with Crippen molar-refractivity contribution in [1.29, 1.82) is 0 Å². The molecule has 0 atom stereocenters. The van der Waals surface area contributed by atoms with Crippen molar-refractivity contribution < 1.29 is 13.9 Å². The number of pyridine rings is 1. The molecule has 3 aromatic rings. The molecule has 0 spiro atoms. The quantitative estimate of drug-likeness (QED) is 0.572. The van der Waals surface area contributed by atoms with Gasteiger partial charge in [0.05, 0.1) is 17.8 Å². The molecule has 1 N–H and O–H groups in total. The normalized spacial score (nSPS) is 10.7. The fraction of sp³-hybridized carbons (Fsp3) is 0.250. The van der Waals surface area contributed by atoms with Crippen LogP contribution in [0.25, 0.3) is 11.3 Å². The molecule has 0 aliphatic carbocycles. The Kier molecular flexibility index (Phi) is 6.90. The fourth-order valence-corrected chi connectivity index (χ4v) is 3.04. The largest absolute Gasteiger partial charge is 0.478 e. The number of aryl methyl sites for hydroxylation is 1. The van der Waals surface area contributed by atoms with Crippen molar-refractivity contribution in [2.45, 2.75) is 26.3 Å². The van der Waals surface area contributed by atoms with E-state index in [-0.39, 0.29) is 12.3 Å². The number of nitrogens with one attached hydrogen (secondary N) is 1. The molecule has 0 unspecified atom stereocenters. The van der Waals surface area contributed by atoms with Gasteiger partial charge in [-0.25, -0.2) is 9.97 Å². The zero-order valence-electron chi connectivity index (χ0n) is 15.2. The Balaban J connectivity index is 1.51. The molecule has 0 bridgehead atoms. The summed E-state index contributed by atoms with van der Waals surface area (Å²) in [6, 6.07) is 8.78. The lowest BCUT2D eigenvalue weighted by Crippen LogP contribution is -2.23. The van der Waals surface area contributed by atoms with E-state index in [0.29, 0.717) is 52.7 Å². The number of nitrogens with zero attached hydrogens (tertiary/aromatic N) is 2. The molecule has 0 aliphatic rings. The van der Waals surface area contributed by atoms with Crippen LogP contribution in [-0.2, 0) is 17.8 Å². The fourth-order valence-electron chi connectivity index (χ4n) is 2.54. The lowest BCUT2D eigenvalue weighted by Gasteiger charge is -2.06. The number of hydrogen-bond acceptors (Lipinski definition) is 5. The molecular weight excluding hydrogens is 401 g/mol. The third-order valence-corrected chi connectivity index (χ3v) is 4.45. The van der Waals surface area contributed by atoms with Crippen LogP contribution in [0.15, 0.2) is 47.1 Å². The summed E-state index contributed by atoms with van der Waals surface area (Å²) >= 11 is 12.1. The molecule has 0 saturated heterocycles. The minimum absolute atomic E-state index is 0.0981. The molecule has 6 nitrogen and oxygen atoms in total. The Hall–Kier alpha value is -2.57. The summed E-state index contributed by atoms with van der Waals surface area (Å²) < 4.78 is 11.1. The van der Waals surface area contributed by atoms with Crippen LogP contribution in [0.4, 0.5) is 0 Å². The summed E-state index contributed by atoms with van der Waals surface area (Å²) in [5.74, 6) is 1.46. The predicted molar refractivity (Wildman–Crippen MR) is 108 cm³/mol. The molecule has 0 saturated carbocycles. The number of amides is 1. The van der Waals surface area contributed by atoms with Gasteiger partial charge in [0.2, 0.25) is 11.8 Å². The van der Waals surface area contributed by atoms with E-state index in [1.807, 2.05) is 13.0 Å². The van der Waals surface area contributed by atoms with Crippen LogP contribution in [0.5, 0.6) is 5.88 Å². The van der Waals surface area contributed by atoms with E-state index in [0.717, 1.165) is 5.56 Å². The highest BCUT2D eigenvalue weighted by atomic mass is 35.5.